The summed E-state index contributed by atoms with van der Waals surface area (Å²) in [4.78, 5) is 23.2. The van der Waals surface area contributed by atoms with Gasteiger partial charge in [0.2, 0.25) is 0 Å². The second-order valence-electron chi connectivity index (χ2n) is 7.20. The third-order valence-electron chi connectivity index (χ3n) is 5.27. The largest absolute Gasteiger partial charge is 0.358 e. The van der Waals surface area contributed by atoms with Crippen LogP contribution in [-0.4, -0.2) is 47.6 Å². The Morgan fingerprint density at radius 1 is 1.14 bits per heavy atom. The van der Waals surface area contributed by atoms with E-state index >= 15 is 0 Å². The van der Waals surface area contributed by atoms with E-state index in [1.165, 1.54) is 16.8 Å². The summed E-state index contributed by atoms with van der Waals surface area (Å²) in [5.74, 6) is 0. The van der Waals surface area contributed by atoms with E-state index in [0.29, 0.717) is 6.54 Å². The number of carbonyl (C=O) groups is 1. The van der Waals surface area contributed by atoms with Crippen molar-refractivity contribution in [3.05, 3.63) is 59.5 Å². The van der Waals surface area contributed by atoms with Crippen LogP contribution in [-0.2, 0) is 12.8 Å². The van der Waals surface area contributed by atoms with Gasteiger partial charge in [0, 0.05) is 54.3 Å². The van der Waals surface area contributed by atoms with E-state index in [2.05, 4.69) is 47.0 Å². The summed E-state index contributed by atoms with van der Waals surface area (Å²) in [6.07, 6.45) is 5.65. The van der Waals surface area contributed by atoms with Crippen molar-refractivity contribution >= 4 is 22.6 Å². The van der Waals surface area contributed by atoms with Crippen LogP contribution in [0.15, 0.2) is 42.7 Å². The van der Waals surface area contributed by atoms with Crippen LogP contribution in [0.3, 0.4) is 0 Å². The number of amides is 2. The number of carbonyl (C=O) groups excluding carboxylic acids is 1. The first-order chi connectivity index (χ1) is 13.5. The normalized spacial score (nSPS) is 11.3. The van der Waals surface area contributed by atoms with Gasteiger partial charge < -0.3 is 15.6 Å². The van der Waals surface area contributed by atoms with E-state index in [9.17, 15) is 4.79 Å². The molecule has 3 aromatic rings. The molecule has 0 spiro atoms. The Balaban J connectivity index is 1.71. The zero-order valence-electron chi connectivity index (χ0n) is 16.9. The number of aryl methyl sites for hydroxylation is 1. The van der Waals surface area contributed by atoms with Crippen molar-refractivity contribution in [1.29, 1.82) is 0 Å². The lowest BCUT2D eigenvalue weighted by Crippen LogP contribution is -2.35. The van der Waals surface area contributed by atoms with Gasteiger partial charge in [-0.25, -0.2) is 4.79 Å². The van der Waals surface area contributed by atoms with Crippen molar-refractivity contribution in [2.45, 2.75) is 26.7 Å². The summed E-state index contributed by atoms with van der Waals surface area (Å²) in [5.41, 5.74) is 11.2. The lowest BCUT2D eigenvalue weighted by atomic mass is 10.1. The zero-order chi connectivity index (χ0) is 20.1. The Bertz CT molecular complexity index is 935. The number of H-pyrrole nitrogens is 1. The molecule has 2 amide bonds. The van der Waals surface area contributed by atoms with E-state index in [-0.39, 0.29) is 0 Å². The Morgan fingerprint density at radius 3 is 2.54 bits per heavy atom. The molecule has 3 rings (SSSR count). The first-order valence-electron chi connectivity index (χ1n) is 9.75. The Kier molecular flexibility index (Phi) is 6.31. The Morgan fingerprint density at radius 2 is 1.86 bits per heavy atom. The number of aromatic amines is 1. The number of urea groups is 1. The average molecular weight is 380 g/mol. The molecule has 0 fully saturated rings. The highest BCUT2D eigenvalue weighted by Crippen LogP contribution is 2.27. The number of hydrogen-bond donors (Lipinski definition) is 2. The molecule has 0 aliphatic carbocycles. The SMILES string of the molecule is CCN(C(N)=O)c1ccc2[nH]c(C)c(CCN(C)CCc3ccncc3)c2c1. The molecule has 28 heavy (non-hydrogen) atoms. The molecule has 2 heterocycles. The van der Waals surface area contributed by atoms with E-state index in [4.69, 9.17) is 5.73 Å². The molecule has 0 atom stereocenters. The third-order valence-corrected chi connectivity index (χ3v) is 5.27. The number of hydrogen-bond acceptors (Lipinski definition) is 3. The van der Waals surface area contributed by atoms with E-state index in [1.54, 1.807) is 4.90 Å². The second kappa shape index (κ2) is 8.89. The fourth-order valence-corrected chi connectivity index (χ4v) is 3.61. The summed E-state index contributed by atoms with van der Waals surface area (Å²) in [6.45, 7) is 6.56. The molecule has 0 saturated carbocycles. The van der Waals surface area contributed by atoms with E-state index in [1.807, 2.05) is 31.5 Å². The van der Waals surface area contributed by atoms with Crippen LogP contribution in [0.1, 0.15) is 23.7 Å². The van der Waals surface area contributed by atoms with Gasteiger partial charge in [-0.15, -0.1) is 0 Å². The second-order valence-corrected chi connectivity index (χ2v) is 7.20. The third kappa shape index (κ3) is 4.51. The number of fused-ring (bicyclic) bond motifs is 1. The smallest absolute Gasteiger partial charge is 0.319 e. The molecule has 0 radical (unpaired) electrons. The highest BCUT2D eigenvalue weighted by atomic mass is 16.2. The summed E-state index contributed by atoms with van der Waals surface area (Å²) in [5, 5.41) is 1.16. The summed E-state index contributed by atoms with van der Waals surface area (Å²) in [7, 11) is 2.16. The first-order valence-corrected chi connectivity index (χ1v) is 9.75. The predicted octanol–water partition coefficient (Wildman–Crippen LogP) is 3.49. The van der Waals surface area contributed by atoms with Crippen LogP contribution < -0.4 is 10.6 Å². The summed E-state index contributed by atoms with van der Waals surface area (Å²) < 4.78 is 0. The molecule has 6 nitrogen and oxygen atoms in total. The standard InChI is InChI=1S/C22H29N5O/c1-4-27(22(23)28)18-5-6-21-20(15-18)19(16(2)25-21)10-14-26(3)13-9-17-7-11-24-12-8-17/h5-8,11-12,15,25H,4,9-10,13-14H2,1-3H3,(H2,23,28). The monoisotopic (exact) mass is 379 g/mol. The van der Waals surface area contributed by atoms with Gasteiger partial charge in [0.05, 0.1) is 0 Å². The minimum atomic E-state index is -0.425. The number of likely N-dealkylation sites (N-methyl/N-ethyl adjacent to an activating group) is 1. The van der Waals surface area contributed by atoms with Gasteiger partial charge in [0.1, 0.15) is 0 Å². The van der Waals surface area contributed by atoms with Crippen molar-refractivity contribution < 1.29 is 4.79 Å². The van der Waals surface area contributed by atoms with E-state index < -0.39 is 6.03 Å². The topological polar surface area (TPSA) is 78.2 Å². The maximum absolute atomic E-state index is 11.7. The maximum atomic E-state index is 11.7. The number of nitrogens with zero attached hydrogens (tertiary/aromatic N) is 3. The molecule has 148 valence electrons. The quantitative estimate of drug-likeness (QED) is 0.629. The number of pyridine rings is 1. The molecule has 1 aromatic carbocycles. The molecule has 0 saturated heterocycles. The number of rotatable bonds is 8. The molecular weight excluding hydrogens is 350 g/mol. The van der Waals surface area contributed by atoms with Gasteiger partial charge in [-0.05, 0) is 75.2 Å². The van der Waals surface area contributed by atoms with Crippen molar-refractivity contribution in [2.24, 2.45) is 5.73 Å². The van der Waals surface area contributed by atoms with Gasteiger partial charge >= 0.3 is 6.03 Å². The number of primary amides is 1. The lowest BCUT2D eigenvalue weighted by Gasteiger charge is -2.19. The molecule has 0 unspecified atom stereocenters. The van der Waals surface area contributed by atoms with Crippen molar-refractivity contribution in [2.75, 3.05) is 31.6 Å². The molecule has 3 N–H and O–H groups in total. The van der Waals surface area contributed by atoms with Crippen LogP contribution >= 0.6 is 0 Å². The first kappa shape index (κ1) is 19.9. The number of benzene rings is 1. The summed E-state index contributed by atoms with van der Waals surface area (Å²) in [6, 6.07) is 9.75. The van der Waals surface area contributed by atoms with Crippen LogP contribution in [0.5, 0.6) is 0 Å². The van der Waals surface area contributed by atoms with Gasteiger partial charge in [-0.3, -0.25) is 9.88 Å². The number of nitrogens with two attached hydrogens (primary N) is 1. The molecule has 2 aromatic heterocycles. The molecular formula is C22H29N5O. The number of aromatic nitrogens is 2. The highest BCUT2D eigenvalue weighted by molar-refractivity contribution is 5.95. The number of anilines is 1. The molecule has 0 aliphatic heterocycles. The fourth-order valence-electron chi connectivity index (χ4n) is 3.61. The van der Waals surface area contributed by atoms with Crippen LogP contribution in [0.4, 0.5) is 10.5 Å². The fraction of sp³-hybridized carbons (Fsp3) is 0.364. The van der Waals surface area contributed by atoms with Crippen LogP contribution in [0.25, 0.3) is 10.9 Å². The van der Waals surface area contributed by atoms with E-state index in [0.717, 1.165) is 42.5 Å². The van der Waals surface area contributed by atoms with Gasteiger partial charge in [0.15, 0.2) is 0 Å². The van der Waals surface area contributed by atoms with Gasteiger partial charge in [0.25, 0.3) is 0 Å². The van der Waals surface area contributed by atoms with Crippen LogP contribution in [0.2, 0.25) is 0 Å². The Labute approximate surface area is 166 Å². The minimum Gasteiger partial charge on any atom is -0.358 e. The molecule has 0 aliphatic rings. The van der Waals surface area contributed by atoms with Crippen molar-refractivity contribution in [3.8, 4) is 0 Å². The van der Waals surface area contributed by atoms with Crippen molar-refractivity contribution in [1.82, 2.24) is 14.9 Å². The van der Waals surface area contributed by atoms with Gasteiger partial charge in [-0.2, -0.15) is 0 Å². The summed E-state index contributed by atoms with van der Waals surface area (Å²) >= 11 is 0. The minimum absolute atomic E-state index is 0.425. The van der Waals surface area contributed by atoms with Gasteiger partial charge in [-0.1, -0.05) is 0 Å². The van der Waals surface area contributed by atoms with Crippen molar-refractivity contribution in [3.63, 3.8) is 0 Å². The lowest BCUT2D eigenvalue weighted by molar-refractivity contribution is 0.254. The average Bonchev–Trinajstić information content (AvgIpc) is 3.00. The highest BCUT2D eigenvalue weighted by Gasteiger charge is 2.14. The molecule has 6 heteroatoms. The Hall–Kier alpha value is -2.86. The predicted molar refractivity (Wildman–Crippen MR) is 115 cm³/mol. The number of nitrogens with one attached hydrogen (secondary N) is 1. The zero-order valence-corrected chi connectivity index (χ0v) is 16.9. The maximum Gasteiger partial charge on any atom is 0.319 e. The molecule has 0 bridgehead atoms. The van der Waals surface area contributed by atoms with Crippen LogP contribution in [0, 0.1) is 6.92 Å².